The van der Waals surface area contributed by atoms with Gasteiger partial charge in [-0.15, -0.1) is 45.3 Å². The fourth-order valence-corrected chi connectivity index (χ4v) is 19.2. The first kappa shape index (κ1) is 84.0. The van der Waals surface area contributed by atoms with Crippen LogP contribution in [0.4, 0.5) is 60.2 Å². The van der Waals surface area contributed by atoms with Crippen molar-refractivity contribution in [3.05, 3.63) is 120 Å². The van der Waals surface area contributed by atoms with Gasteiger partial charge in [0.15, 0.2) is 5.69 Å². The average Bonchev–Trinajstić information content (AvgIpc) is 1.65. The third-order valence-corrected chi connectivity index (χ3v) is 25.6. The van der Waals surface area contributed by atoms with Crippen LogP contribution in [-0.2, 0) is 6.18 Å². The minimum Gasteiger partial charge on any atom is -0.396 e. The highest BCUT2D eigenvalue weighted by molar-refractivity contribution is 7.22. The molecule has 5 aliphatic carbocycles. The first-order valence-corrected chi connectivity index (χ1v) is 42.0. The molecule has 5 fully saturated rings. The van der Waals surface area contributed by atoms with Gasteiger partial charge in [0.25, 0.3) is 0 Å². The molecule has 0 amide bonds. The topological polar surface area (TPSA) is 501 Å². The maximum absolute atomic E-state index is 13.8. The number of aryl methyl sites for hydroxylation is 2. The second kappa shape index (κ2) is 36.4. The van der Waals surface area contributed by atoms with Crippen LogP contribution in [0.15, 0.2) is 97.1 Å². The summed E-state index contributed by atoms with van der Waals surface area (Å²) < 4.78 is 45.3. The second-order valence-corrected chi connectivity index (χ2v) is 33.9. The lowest BCUT2D eigenvalue weighted by molar-refractivity contribution is -0.140. The van der Waals surface area contributed by atoms with Gasteiger partial charge in [0.2, 0.25) is 23.8 Å². The molecule has 0 saturated heterocycles. The highest BCUT2D eigenvalue weighted by atomic mass is 32.1. The van der Waals surface area contributed by atoms with Crippen molar-refractivity contribution in [2.24, 2.45) is 17.8 Å². The van der Waals surface area contributed by atoms with E-state index in [2.05, 4.69) is 90.6 Å². The van der Waals surface area contributed by atoms with Gasteiger partial charge in [-0.05, 0) is 120 Å². The Labute approximate surface area is 685 Å². The number of fused-ring (bicyclic) bond motifs is 4. The first-order valence-electron chi connectivity index (χ1n) is 38.8. The highest BCUT2D eigenvalue weighted by Gasteiger charge is 2.46. The predicted octanol–water partition coefficient (Wildman–Crippen LogP) is 9.17. The number of aliphatic hydroxyl groups is 11. The van der Waals surface area contributed by atoms with Crippen molar-refractivity contribution in [2.45, 2.75) is 171 Å². The number of thiazole rings is 4. The van der Waals surface area contributed by atoms with Gasteiger partial charge in [-0.1, -0.05) is 62.4 Å². The molecule has 0 radical (unpaired) electrons. The number of nitrogens with two attached hydrogens (primary N) is 2. The van der Waals surface area contributed by atoms with E-state index >= 15 is 0 Å². The zero-order chi connectivity index (χ0) is 82.7. The number of aliphatic hydroxyl groups excluding tert-OH is 11. The molecule has 15 atom stereocenters. The third kappa shape index (κ3) is 18.5. The van der Waals surface area contributed by atoms with Crippen molar-refractivity contribution in [3.63, 3.8) is 0 Å². The number of halogens is 3. The molecule has 5 saturated carbocycles. The molecule has 620 valence electrons. The van der Waals surface area contributed by atoms with Crippen molar-refractivity contribution >= 4 is 133 Å². The van der Waals surface area contributed by atoms with Crippen molar-refractivity contribution in [1.29, 1.82) is 0 Å². The SMILES string of the molecule is CCCNc1nc(C)c(-c2nc3ccccc3s2)c(N[C@@H]2CC[C@@H](O)[C@H]2O)n1.CCCNc1nc(C)c(-c2nc3ccccc3s2)c(N[C@@H]2C[C@H](CO)[C@@H](O)[C@H]2O)n1.Nc1nc(N[C@@H]2C[C@H](CO)[C@@H](O)[C@H]2O)c(-c2nc3ccccc3s2)c(C(F)(F)F)n1.Nc1nc(N[C@@H]2C[C@H](CO)[C@@H](O)[C@H]2O)c(-c2nc3ccccc3s2)c(C2CC2)n1. The fourth-order valence-electron chi connectivity index (χ4n) is 15.0. The Morgan fingerprint density at radius 3 is 1.07 bits per heavy atom. The van der Waals surface area contributed by atoms with Crippen LogP contribution >= 0.6 is 45.3 Å². The van der Waals surface area contributed by atoms with Gasteiger partial charge >= 0.3 is 6.18 Å². The minimum atomic E-state index is -4.83. The number of aromatic nitrogens is 12. The van der Waals surface area contributed by atoms with Crippen LogP contribution in [0.3, 0.4) is 0 Å². The molecule has 12 aromatic rings. The molecular weight excluding hydrogens is 1590 g/mol. The summed E-state index contributed by atoms with van der Waals surface area (Å²) in [4.78, 5) is 53.5. The Balaban J connectivity index is 0.000000128. The summed E-state index contributed by atoms with van der Waals surface area (Å²) >= 11 is 5.77. The number of hydrogen-bond donors (Lipinski definition) is 19. The molecule has 8 aromatic heterocycles. The van der Waals surface area contributed by atoms with Crippen LogP contribution in [0.1, 0.15) is 100 Å². The number of hydrogen-bond acceptors (Lipinski definition) is 35. The number of nitrogens with one attached hydrogen (secondary N) is 6. The summed E-state index contributed by atoms with van der Waals surface area (Å²) in [5.41, 5.74) is 18.1. The van der Waals surface area contributed by atoms with E-state index in [1.165, 1.54) is 0 Å². The van der Waals surface area contributed by atoms with E-state index in [0.29, 0.717) is 71.2 Å². The monoisotopic (exact) mass is 1680 g/mol. The van der Waals surface area contributed by atoms with Crippen LogP contribution in [0.2, 0.25) is 0 Å². The summed E-state index contributed by atoms with van der Waals surface area (Å²) in [5, 5.41) is 132. The standard InChI is InChI=1S/C21H27N5O3S.C20H23N5O3S.C20H25N5O2S.C18H18F3N5O3S/c1-3-8-22-21-23-11(2)16(20-25-13-6-4-5-7-15(13)30-20)19(26-21)24-14-9-12(10-27)17(28)18(14)29;21-20-24-15(9-5-6-9)14(19-23-11-3-1-2-4-13(11)29-19)18(25-20)22-12-7-10(8-26)16(27)17(12)28;1-3-10-21-20-22-11(2)16(19-24-12-6-4-5-7-15(12)28-19)18(25-20)23-13-8-9-14(26)17(13)27;19-18(20,21)14-11(16-24-8-3-1-2-4-10(8)30-16)15(26-17(22)25-14)23-9-5-7(6-27)12(28)13(9)29/h4-7,12,14,17-18,27-29H,3,8-10H2,1-2H3,(H2,22,23,24,26);1-4,9-10,12,16-17,26-28H,5-8H2,(H3,21,22,24,25);4-7,13-14,17,26-27H,3,8-10H2,1-2H3,(H2,21,22,23,25);1-4,7,9,12-13,27-29H,5-6H2,(H3,22,23,25,26)/t12-,14-,17-,18+;10-,12-,16-,17+;13-,14-,17+;7-,9-,12-,13+/m1111/s1. The van der Waals surface area contributed by atoms with Crippen molar-refractivity contribution in [1.82, 2.24) is 59.8 Å². The summed E-state index contributed by atoms with van der Waals surface area (Å²) in [7, 11) is 0. The van der Waals surface area contributed by atoms with Crippen LogP contribution in [0.5, 0.6) is 0 Å². The molecule has 8 heterocycles. The molecule has 117 heavy (non-hydrogen) atoms. The van der Waals surface area contributed by atoms with E-state index in [0.717, 1.165) is 130 Å². The number of anilines is 8. The van der Waals surface area contributed by atoms with Gasteiger partial charge in [0.05, 0.1) is 135 Å². The molecule has 38 heteroatoms. The van der Waals surface area contributed by atoms with E-state index in [1.807, 2.05) is 86.6 Å². The summed E-state index contributed by atoms with van der Waals surface area (Å²) in [6.45, 7) is 8.83. The Morgan fingerprint density at radius 1 is 0.393 bits per heavy atom. The average molecular weight is 1680 g/mol. The summed E-state index contributed by atoms with van der Waals surface area (Å²) in [6.07, 6.45) is -6.57. The number of alkyl halides is 3. The quantitative estimate of drug-likeness (QED) is 0.0300. The molecule has 0 spiro atoms. The van der Waals surface area contributed by atoms with E-state index in [9.17, 15) is 69.3 Å². The van der Waals surface area contributed by atoms with Crippen molar-refractivity contribution < 1.29 is 69.3 Å². The number of benzene rings is 4. The zero-order valence-electron chi connectivity index (χ0n) is 64.1. The van der Waals surface area contributed by atoms with E-state index in [4.69, 9.17) is 26.4 Å². The van der Waals surface area contributed by atoms with Crippen molar-refractivity contribution in [3.8, 4) is 42.3 Å². The Hall–Kier alpha value is -9.49. The van der Waals surface area contributed by atoms with Gasteiger partial charge in [-0.25, -0.2) is 39.9 Å². The summed E-state index contributed by atoms with van der Waals surface area (Å²) in [5.74, 6) is 1.08. The van der Waals surface area contributed by atoms with Crippen LogP contribution in [0, 0.1) is 31.6 Å². The van der Waals surface area contributed by atoms with Crippen molar-refractivity contribution in [2.75, 3.05) is 76.3 Å². The Morgan fingerprint density at radius 2 is 0.735 bits per heavy atom. The van der Waals surface area contributed by atoms with Crippen LogP contribution in [0.25, 0.3) is 83.2 Å². The van der Waals surface area contributed by atoms with Gasteiger partial charge in [-0.2, -0.15) is 33.1 Å². The molecule has 4 aromatic carbocycles. The number of rotatable bonds is 22. The zero-order valence-corrected chi connectivity index (χ0v) is 67.3. The Kier molecular flexibility index (Phi) is 26.1. The van der Waals surface area contributed by atoms with Gasteiger partial charge < -0.3 is 99.5 Å². The molecule has 0 bridgehead atoms. The predicted molar refractivity (Wildman–Crippen MR) is 448 cm³/mol. The fraction of sp³-hybridized carbons (Fsp3) is 0.443. The molecule has 0 aliphatic heterocycles. The minimum absolute atomic E-state index is 0.0396. The van der Waals surface area contributed by atoms with E-state index in [1.54, 1.807) is 58.3 Å². The van der Waals surface area contributed by atoms with Crippen LogP contribution < -0.4 is 43.4 Å². The summed E-state index contributed by atoms with van der Waals surface area (Å²) in [6, 6.07) is 28.8. The lowest BCUT2D eigenvalue weighted by Crippen LogP contribution is -2.36. The van der Waals surface area contributed by atoms with Gasteiger partial charge in [0.1, 0.15) is 61.6 Å². The van der Waals surface area contributed by atoms with Crippen LogP contribution in [-0.4, -0.2) is 222 Å². The molecule has 0 unspecified atom stereocenters. The molecule has 31 nitrogen and oxygen atoms in total. The normalized spacial score (nSPS) is 24.3. The maximum Gasteiger partial charge on any atom is 0.434 e. The maximum atomic E-state index is 13.8. The Bertz CT molecular complexity index is 5320. The van der Waals surface area contributed by atoms with E-state index in [-0.39, 0.29) is 66.5 Å². The smallest absolute Gasteiger partial charge is 0.396 e. The highest BCUT2D eigenvalue weighted by Crippen LogP contribution is 2.49. The largest absolute Gasteiger partial charge is 0.434 e. The lowest BCUT2D eigenvalue weighted by atomic mass is 10.1. The number of para-hydroxylation sites is 4. The number of nitrogen functional groups attached to an aromatic ring is 2. The van der Waals surface area contributed by atoms with E-state index < -0.39 is 90.7 Å². The first-order chi connectivity index (χ1) is 56.3. The lowest BCUT2D eigenvalue weighted by Gasteiger charge is -2.21. The second-order valence-electron chi connectivity index (χ2n) is 29.7. The van der Waals surface area contributed by atoms with Gasteiger partial charge in [0, 0.05) is 56.6 Å². The molecule has 5 aliphatic rings. The molecule has 17 rings (SSSR count). The molecule has 21 N–H and O–H groups in total. The third-order valence-electron chi connectivity index (χ3n) is 21.4. The van der Waals surface area contributed by atoms with Gasteiger partial charge in [-0.3, -0.25) is 0 Å². The number of nitrogens with zero attached hydrogens (tertiary/aromatic N) is 12. The molecular formula is C79H93F3N20O11S4.